The quantitative estimate of drug-likeness (QED) is 0.679. The average molecular weight is 229 g/mol. The molecule has 1 rings (SSSR count). The van der Waals surface area contributed by atoms with Gasteiger partial charge in [-0.15, -0.1) is 0 Å². The van der Waals surface area contributed by atoms with Crippen molar-refractivity contribution in [1.29, 1.82) is 0 Å². The monoisotopic (exact) mass is 229 g/mol. The summed E-state index contributed by atoms with van der Waals surface area (Å²) in [4.78, 5) is 0. The molecular weight excluding hydrogens is 202 g/mol. The smallest absolute Gasteiger partial charge is 0.0704 e. The molecule has 1 fully saturated rings. The lowest BCUT2D eigenvalue weighted by molar-refractivity contribution is -0.138. The summed E-state index contributed by atoms with van der Waals surface area (Å²) in [7, 11) is 2.04. The van der Waals surface area contributed by atoms with Gasteiger partial charge in [0.2, 0.25) is 0 Å². The van der Waals surface area contributed by atoms with Crippen LogP contribution in [-0.2, 0) is 9.47 Å². The molecule has 3 nitrogen and oxygen atoms in total. The summed E-state index contributed by atoms with van der Waals surface area (Å²) in [5, 5.41) is 3.37. The standard InChI is InChI=1S/C13H27NO2/c1-6-13(4)11(14-5)9-12(13)16-8-7-15-10(2)3/h10-12,14H,6-9H2,1-5H3. The molecule has 0 bridgehead atoms. The predicted molar refractivity (Wildman–Crippen MR) is 66.7 cm³/mol. The maximum atomic E-state index is 5.90. The molecule has 0 amide bonds. The molecule has 16 heavy (non-hydrogen) atoms. The van der Waals surface area contributed by atoms with E-state index in [0.29, 0.717) is 30.3 Å². The Morgan fingerprint density at radius 3 is 2.56 bits per heavy atom. The molecule has 0 spiro atoms. The van der Waals surface area contributed by atoms with Crippen LogP contribution >= 0.6 is 0 Å². The highest BCUT2D eigenvalue weighted by Gasteiger charge is 2.50. The summed E-state index contributed by atoms with van der Waals surface area (Å²) < 4.78 is 11.4. The third-order valence-corrected chi connectivity index (χ3v) is 3.95. The molecule has 0 aliphatic heterocycles. The zero-order valence-electron chi connectivity index (χ0n) is 11.4. The lowest BCUT2D eigenvalue weighted by atomic mass is 9.61. The first-order valence-corrected chi connectivity index (χ1v) is 6.45. The van der Waals surface area contributed by atoms with E-state index >= 15 is 0 Å². The van der Waals surface area contributed by atoms with E-state index in [2.05, 4.69) is 33.0 Å². The van der Waals surface area contributed by atoms with E-state index in [-0.39, 0.29) is 0 Å². The van der Waals surface area contributed by atoms with Gasteiger partial charge in [-0.1, -0.05) is 13.8 Å². The molecule has 3 atom stereocenters. The van der Waals surface area contributed by atoms with Crippen LogP contribution < -0.4 is 5.32 Å². The van der Waals surface area contributed by atoms with Crippen LogP contribution in [0.1, 0.15) is 40.5 Å². The fourth-order valence-corrected chi connectivity index (χ4v) is 2.47. The summed E-state index contributed by atoms with van der Waals surface area (Å²) in [5.74, 6) is 0. The third-order valence-electron chi connectivity index (χ3n) is 3.95. The zero-order valence-corrected chi connectivity index (χ0v) is 11.4. The fourth-order valence-electron chi connectivity index (χ4n) is 2.47. The summed E-state index contributed by atoms with van der Waals surface area (Å²) in [5.41, 5.74) is 0.298. The van der Waals surface area contributed by atoms with Crippen molar-refractivity contribution in [1.82, 2.24) is 5.32 Å². The highest BCUT2D eigenvalue weighted by Crippen LogP contribution is 2.45. The second kappa shape index (κ2) is 5.99. The van der Waals surface area contributed by atoms with Gasteiger partial charge in [0.1, 0.15) is 0 Å². The lowest BCUT2D eigenvalue weighted by Gasteiger charge is -2.53. The Morgan fingerprint density at radius 2 is 2.06 bits per heavy atom. The van der Waals surface area contributed by atoms with Crippen LogP contribution in [0.25, 0.3) is 0 Å². The van der Waals surface area contributed by atoms with Gasteiger partial charge < -0.3 is 14.8 Å². The van der Waals surface area contributed by atoms with E-state index in [1.807, 2.05) is 7.05 Å². The van der Waals surface area contributed by atoms with E-state index in [0.717, 1.165) is 19.4 Å². The van der Waals surface area contributed by atoms with E-state index in [1.165, 1.54) is 0 Å². The van der Waals surface area contributed by atoms with E-state index in [4.69, 9.17) is 9.47 Å². The number of nitrogens with one attached hydrogen (secondary N) is 1. The Morgan fingerprint density at radius 1 is 1.38 bits per heavy atom. The average Bonchev–Trinajstić information content (AvgIpc) is 2.25. The molecule has 96 valence electrons. The highest BCUT2D eigenvalue weighted by molar-refractivity contribution is 5.04. The number of ether oxygens (including phenoxy) is 2. The van der Waals surface area contributed by atoms with E-state index < -0.39 is 0 Å². The molecule has 3 heteroatoms. The molecule has 1 aliphatic rings. The van der Waals surface area contributed by atoms with Crippen LogP contribution in [0.15, 0.2) is 0 Å². The molecule has 3 unspecified atom stereocenters. The highest BCUT2D eigenvalue weighted by atomic mass is 16.5. The molecule has 1 N–H and O–H groups in total. The molecule has 1 aliphatic carbocycles. The number of hydrogen-bond acceptors (Lipinski definition) is 3. The van der Waals surface area contributed by atoms with E-state index in [1.54, 1.807) is 0 Å². The van der Waals surface area contributed by atoms with Gasteiger partial charge in [0, 0.05) is 11.5 Å². The SMILES string of the molecule is CCC1(C)C(NC)CC1OCCOC(C)C. The molecule has 0 aromatic rings. The van der Waals surface area contributed by atoms with Crippen molar-refractivity contribution < 1.29 is 9.47 Å². The number of hydrogen-bond donors (Lipinski definition) is 1. The first-order valence-electron chi connectivity index (χ1n) is 6.45. The second-order valence-corrected chi connectivity index (χ2v) is 5.22. The molecule has 1 saturated carbocycles. The molecule has 0 saturated heterocycles. The van der Waals surface area contributed by atoms with Crippen LogP contribution in [0.4, 0.5) is 0 Å². The maximum Gasteiger partial charge on any atom is 0.0704 e. The van der Waals surface area contributed by atoms with Crippen LogP contribution in [0.2, 0.25) is 0 Å². The van der Waals surface area contributed by atoms with E-state index in [9.17, 15) is 0 Å². The largest absolute Gasteiger partial charge is 0.376 e. The first kappa shape index (κ1) is 13.9. The predicted octanol–water partition coefficient (Wildman–Crippen LogP) is 2.20. The van der Waals surface area contributed by atoms with Crippen molar-refractivity contribution in [3.63, 3.8) is 0 Å². The van der Waals surface area contributed by atoms with Gasteiger partial charge in [-0.25, -0.2) is 0 Å². The van der Waals surface area contributed by atoms with Crippen molar-refractivity contribution in [2.75, 3.05) is 20.3 Å². The summed E-state index contributed by atoms with van der Waals surface area (Å²) in [6, 6.07) is 0.605. The summed E-state index contributed by atoms with van der Waals surface area (Å²) in [6.07, 6.45) is 2.98. The normalized spacial score (nSPS) is 34.1. The summed E-state index contributed by atoms with van der Waals surface area (Å²) >= 11 is 0. The fraction of sp³-hybridized carbons (Fsp3) is 1.00. The Hall–Kier alpha value is -0.120. The van der Waals surface area contributed by atoms with Crippen molar-refractivity contribution in [3.05, 3.63) is 0 Å². The van der Waals surface area contributed by atoms with Gasteiger partial charge in [0.05, 0.1) is 25.4 Å². The van der Waals surface area contributed by atoms with Gasteiger partial charge in [0.15, 0.2) is 0 Å². The Balaban J connectivity index is 2.23. The molecule has 0 heterocycles. The van der Waals surface area contributed by atoms with Crippen LogP contribution in [0.3, 0.4) is 0 Å². The Bertz CT molecular complexity index is 208. The maximum absolute atomic E-state index is 5.90. The molecule has 0 radical (unpaired) electrons. The first-order chi connectivity index (χ1) is 7.54. The molecular formula is C13H27NO2. The zero-order chi connectivity index (χ0) is 12.2. The van der Waals surface area contributed by atoms with Crippen LogP contribution in [0, 0.1) is 5.41 Å². The van der Waals surface area contributed by atoms with Crippen molar-refractivity contribution in [2.24, 2.45) is 5.41 Å². The van der Waals surface area contributed by atoms with Crippen LogP contribution in [0.5, 0.6) is 0 Å². The Labute approximate surface area is 99.9 Å². The minimum atomic E-state index is 0.298. The second-order valence-electron chi connectivity index (χ2n) is 5.22. The topological polar surface area (TPSA) is 30.5 Å². The Kier molecular flexibility index (Phi) is 5.22. The van der Waals surface area contributed by atoms with Gasteiger partial charge in [-0.3, -0.25) is 0 Å². The molecule has 0 aromatic carbocycles. The lowest BCUT2D eigenvalue weighted by Crippen LogP contribution is -2.61. The minimum Gasteiger partial charge on any atom is -0.376 e. The van der Waals surface area contributed by atoms with Gasteiger partial charge in [-0.2, -0.15) is 0 Å². The van der Waals surface area contributed by atoms with Gasteiger partial charge >= 0.3 is 0 Å². The van der Waals surface area contributed by atoms with Gasteiger partial charge in [-0.05, 0) is 33.7 Å². The third kappa shape index (κ3) is 2.96. The minimum absolute atomic E-state index is 0.298. The van der Waals surface area contributed by atoms with Crippen LogP contribution in [-0.4, -0.2) is 38.5 Å². The van der Waals surface area contributed by atoms with Crippen molar-refractivity contribution in [3.8, 4) is 0 Å². The van der Waals surface area contributed by atoms with Crippen molar-refractivity contribution in [2.45, 2.75) is 58.8 Å². The number of rotatable bonds is 7. The molecule has 0 aromatic heterocycles. The van der Waals surface area contributed by atoms with Gasteiger partial charge in [0.25, 0.3) is 0 Å². The summed E-state index contributed by atoms with van der Waals surface area (Å²) in [6.45, 7) is 10.1. The van der Waals surface area contributed by atoms with Crippen molar-refractivity contribution >= 4 is 0 Å².